The zero-order chi connectivity index (χ0) is 16.5. The Kier molecular flexibility index (Phi) is 8.28. The fourth-order valence-corrected chi connectivity index (χ4v) is 2.91. The predicted molar refractivity (Wildman–Crippen MR) is 71.3 cm³/mol. The van der Waals surface area contributed by atoms with Gasteiger partial charge in [0.1, 0.15) is 0 Å². The van der Waals surface area contributed by atoms with Crippen LogP contribution in [-0.4, -0.2) is 32.9 Å². The molecule has 8 nitrogen and oxygen atoms in total. The molecule has 0 unspecified atom stereocenters. The van der Waals surface area contributed by atoms with Crippen molar-refractivity contribution in [1.29, 1.82) is 0 Å². The van der Waals surface area contributed by atoms with Crippen LogP contribution in [0.15, 0.2) is 0 Å². The van der Waals surface area contributed by atoms with E-state index in [1.54, 1.807) is 0 Å². The molecule has 0 aliphatic heterocycles. The molecule has 0 aromatic rings. The van der Waals surface area contributed by atoms with Crippen molar-refractivity contribution in [2.24, 2.45) is 0 Å². The van der Waals surface area contributed by atoms with Gasteiger partial charge >= 0.3 is 9.05 Å². The SMILES string of the molecule is CCC(=O)O[Si](OC(=O)CC)(OC(=O)CC)OC(=O)CC. The molecular formula is C12H20O8Si. The second kappa shape index (κ2) is 9.11. The molecule has 0 spiro atoms. The third kappa shape index (κ3) is 6.89. The summed E-state index contributed by atoms with van der Waals surface area (Å²) in [7, 11) is -4.53. The summed E-state index contributed by atoms with van der Waals surface area (Å²) < 4.78 is 19.5. The maximum atomic E-state index is 11.5. The highest BCUT2D eigenvalue weighted by atomic mass is 28.4. The van der Waals surface area contributed by atoms with Crippen LogP contribution < -0.4 is 0 Å². The van der Waals surface area contributed by atoms with Crippen molar-refractivity contribution in [3.8, 4) is 0 Å². The van der Waals surface area contributed by atoms with Gasteiger partial charge in [0, 0.05) is 25.7 Å². The van der Waals surface area contributed by atoms with Crippen molar-refractivity contribution >= 4 is 32.9 Å². The Balaban J connectivity index is 5.43. The van der Waals surface area contributed by atoms with E-state index < -0.39 is 32.9 Å². The van der Waals surface area contributed by atoms with E-state index >= 15 is 0 Å². The molecule has 0 bridgehead atoms. The third-order valence-electron chi connectivity index (χ3n) is 2.11. The Morgan fingerprint density at radius 1 is 0.571 bits per heavy atom. The number of rotatable bonds is 8. The van der Waals surface area contributed by atoms with E-state index in [9.17, 15) is 19.2 Å². The summed E-state index contributed by atoms with van der Waals surface area (Å²) in [5.74, 6) is -3.23. The fraction of sp³-hybridized carbons (Fsp3) is 0.667. The number of hydrogen-bond acceptors (Lipinski definition) is 8. The maximum Gasteiger partial charge on any atom is 0.974 e. The van der Waals surface area contributed by atoms with Gasteiger partial charge in [0.05, 0.1) is 0 Å². The van der Waals surface area contributed by atoms with Crippen LogP contribution in [0, 0.1) is 0 Å². The summed E-state index contributed by atoms with van der Waals surface area (Å²) in [5, 5.41) is 0. The Morgan fingerprint density at radius 3 is 0.905 bits per heavy atom. The van der Waals surface area contributed by atoms with Gasteiger partial charge in [-0.15, -0.1) is 0 Å². The van der Waals surface area contributed by atoms with Gasteiger partial charge in [0.15, 0.2) is 0 Å². The fourth-order valence-electron chi connectivity index (χ4n) is 0.971. The van der Waals surface area contributed by atoms with Crippen LogP contribution in [0.1, 0.15) is 53.4 Å². The minimum absolute atomic E-state index is 0.0637. The van der Waals surface area contributed by atoms with Crippen LogP contribution in [0.2, 0.25) is 0 Å². The molecule has 0 aliphatic rings. The van der Waals surface area contributed by atoms with E-state index in [0.717, 1.165) is 0 Å². The lowest BCUT2D eigenvalue weighted by Gasteiger charge is -2.24. The monoisotopic (exact) mass is 320 g/mol. The van der Waals surface area contributed by atoms with E-state index in [1.165, 1.54) is 27.7 Å². The zero-order valence-corrected chi connectivity index (χ0v) is 13.6. The predicted octanol–water partition coefficient (Wildman–Crippen LogP) is 1.23. The second-order valence-electron chi connectivity index (χ2n) is 3.81. The molecule has 0 aromatic carbocycles. The van der Waals surface area contributed by atoms with Gasteiger partial charge in [0.2, 0.25) is 0 Å². The highest BCUT2D eigenvalue weighted by Gasteiger charge is 2.62. The third-order valence-corrected chi connectivity index (χ3v) is 4.02. The molecule has 0 aliphatic carbocycles. The topological polar surface area (TPSA) is 105 Å². The Labute approximate surface area is 124 Å². The van der Waals surface area contributed by atoms with Gasteiger partial charge in [-0.2, -0.15) is 0 Å². The van der Waals surface area contributed by atoms with E-state index in [4.69, 9.17) is 17.7 Å². The highest BCUT2D eigenvalue weighted by Crippen LogP contribution is 2.16. The average Bonchev–Trinajstić information content (AvgIpc) is 2.46. The van der Waals surface area contributed by atoms with Gasteiger partial charge in [-0.25, -0.2) is 0 Å². The van der Waals surface area contributed by atoms with Gasteiger partial charge in [-0.1, -0.05) is 27.7 Å². The van der Waals surface area contributed by atoms with Crippen LogP contribution in [0.4, 0.5) is 0 Å². The lowest BCUT2D eigenvalue weighted by molar-refractivity contribution is -0.162. The first-order valence-electron chi connectivity index (χ1n) is 6.69. The van der Waals surface area contributed by atoms with Gasteiger partial charge < -0.3 is 17.7 Å². The Morgan fingerprint density at radius 2 is 0.762 bits per heavy atom. The van der Waals surface area contributed by atoms with Crippen LogP contribution >= 0.6 is 0 Å². The minimum atomic E-state index is -4.53. The van der Waals surface area contributed by atoms with Crippen LogP contribution in [0.25, 0.3) is 0 Å². The average molecular weight is 320 g/mol. The number of hydrogen-bond donors (Lipinski definition) is 0. The Bertz CT molecular complexity index is 329. The van der Waals surface area contributed by atoms with E-state index in [2.05, 4.69) is 0 Å². The molecule has 0 N–H and O–H groups in total. The van der Waals surface area contributed by atoms with Gasteiger partial charge in [-0.05, 0) is 0 Å². The first kappa shape index (κ1) is 19.1. The standard InChI is InChI=1S/C12H20O8Si/c1-5-9(13)17-21(18-10(14)6-2,19-11(15)7-3)20-12(16)8-4/h5-8H2,1-4H3. The zero-order valence-electron chi connectivity index (χ0n) is 12.6. The van der Waals surface area contributed by atoms with E-state index in [-0.39, 0.29) is 25.7 Å². The molecule has 0 radical (unpaired) electrons. The quantitative estimate of drug-likeness (QED) is 0.615. The summed E-state index contributed by atoms with van der Waals surface area (Å²) in [4.78, 5) is 45.9. The van der Waals surface area contributed by atoms with Crippen molar-refractivity contribution in [2.75, 3.05) is 0 Å². The molecule has 9 heteroatoms. The molecule has 120 valence electrons. The summed E-state index contributed by atoms with van der Waals surface area (Å²) in [6.07, 6.45) is -0.255. The molecule has 0 fully saturated rings. The maximum absolute atomic E-state index is 11.5. The van der Waals surface area contributed by atoms with Crippen LogP contribution in [0.5, 0.6) is 0 Å². The molecule has 0 aromatic heterocycles. The molecule has 0 atom stereocenters. The summed E-state index contributed by atoms with van der Waals surface area (Å²) in [6, 6.07) is 0. The summed E-state index contributed by atoms with van der Waals surface area (Å²) >= 11 is 0. The van der Waals surface area contributed by atoms with Crippen molar-refractivity contribution in [3.05, 3.63) is 0 Å². The summed E-state index contributed by atoms with van der Waals surface area (Å²) in [5.41, 5.74) is 0. The van der Waals surface area contributed by atoms with Crippen molar-refractivity contribution in [1.82, 2.24) is 0 Å². The minimum Gasteiger partial charge on any atom is -0.423 e. The van der Waals surface area contributed by atoms with Crippen LogP contribution in [-0.2, 0) is 36.9 Å². The lowest BCUT2D eigenvalue weighted by atomic mass is 10.5. The molecule has 0 heterocycles. The number of carbonyl (C=O) groups excluding carboxylic acids is 4. The number of carbonyl (C=O) groups is 4. The smallest absolute Gasteiger partial charge is 0.423 e. The van der Waals surface area contributed by atoms with E-state index in [0.29, 0.717) is 0 Å². The molecular weight excluding hydrogens is 300 g/mol. The molecule has 0 saturated heterocycles. The highest BCUT2D eigenvalue weighted by molar-refractivity contribution is 6.60. The van der Waals surface area contributed by atoms with Crippen molar-refractivity contribution < 1.29 is 36.9 Å². The largest absolute Gasteiger partial charge is 0.974 e. The van der Waals surface area contributed by atoms with Crippen molar-refractivity contribution in [2.45, 2.75) is 53.4 Å². The summed E-state index contributed by atoms with van der Waals surface area (Å²) in [6.45, 7) is 5.97. The van der Waals surface area contributed by atoms with Gasteiger partial charge in [0.25, 0.3) is 23.9 Å². The molecule has 0 saturated carbocycles. The van der Waals surface area contributed by atoms with Gasteiger partial charge in [-0.3, -0.25) is 19.2 Å². The first-order chi connectivity index (χ1) is 9.82. The van der Waals surface area contributed by atoms with E-state index in [1.807, 2.05) is 0 Å². The molecule has 0 amide bonds. The first-order valence-corrected chi connectivity index (χ1v) is 8.33. The van der Waals surface area contributed by atoms with Crippen molar-refractivity contribution in [3.63, 3.8) is 0 Å². The Hall–Kier alpha value is -1.90. The molecule has 21 heavy (non-hydrogen) atoms. The lowest BCUT2D eigenvalue weighted by Crippen LogP contribution is -2.54. The normalized spacial score (nSPS) is 10.5. The second-order valence-corrected chi connectivity index (χ2v) is 5.63. The van der Waals surface area contributed by atoms with Crippen LogP contribution in [0.3, 0.4) is 0 Å². The molecule has 0 rings (SSSR count).